The minimum Gasteiger partial charge on any atom is -0.354 e. The number of nitrogens with two attached hydrogens (primary N) is 2. The second kappa shape index (κ2) is 19.7. The van der Waals surface area contributed by atoms with E-state index in [2.05, 4.69) is 26.6 Å². The van der Waals surface area contributed by atoms with Crippen molar-refractivity contribution in [3.05, 3.63) is 0 Å². The van der Waals surface area contributed by atoms with Crippen LogP contribution < -0.4 is 38.1 Å². The van der Waals surface area contributed by atoms with Crippen LogP contribution in [0.5, 0.6) is 0 Å². The summed E-state index contributed by atoms with van der Waals surface area (Å²) in [6.07, 6.45) is 4.46. The Balaban J connectivity index is 4.86. The van der Waals surface area contributed by atoms with E-state index in [-0.39, 0.29) is 31.3 Å². The molecule has 34 heavy (non-hydrogen) atoms. The molecule has 0 saturated carbocycles. The molecule has 0 bridgehead atoms. The van der Waals surface area contributed by atoms with E-state index in [9.17, 15) is 24.0 Å². The highest BCUT2D eigenvalue weighted by Gasteiger charge is 2.23. The Hall–Kier alpha value is -2.73. The fourth-order valence-corrected chi connectivity index (χ4v) is 2.98. The van der Waals surface area contributed by atoms with Crippen LogP contribution >= 0.6 is 0 Å². The SMILES string of the molecule is CCCNC(=O)[C@H](CCCCN)NC(=O)CNC(=O)[C@H](CCCCN)NC(=O)CNC(=O)CC. The smallest absolute Gasteiger partial charge is 0.243 e. The van der Waals surface area contributed by atoms with Gasteiger partial charge in [0.15, 0.2) is 0 Å². The molecule has 0 radical (unpaired) electrons. The van der Waals surface area contributed by atoms with Crippen LogP contribution in [0.25, 0.3) is 0 Å². The van der Waals surface area contributed by atoms with Crippen molar-refractivity contribution in [2.24, 2.45) is 11.5 Å². The van der Waals surface area contributed by atoms with Crippen molar-refractivity contribution < 1.29 is 24.0 Å². The molecule has 12 heteroatoms. The minimum atomic E-state index is -0.876. The van der Waals surface area contributed by atoms with E-state index < -0.39 is 29.8 Å². The van der Waals surface area contributed by atoms with E-state index in [1.165, 1.54) is 0 Å². The molecule has 0 aliphatic rings. The highest BCUT2D eigenvalue weighted by molar-refractivity contribution is 5.93. The number of nitrogens with one attached hydrogen (secondary N) is 5. The first kappa shape index (κ1) is 31.3. The fourth-order valence-electron chi connectivity index (χ4n) is 2.98. The van der Waals surface area contributed by atoms with Gasteiger partial charge in [-0.15, -0.1) is 0 Å². The summed E-state index contributed by atoms with van der Waals surface area (Å²) in [5, 5.41) is 13.0. The molecule has 0 rings (SSSR count). The van der Waals surface area contributed by atoms with Crippen molar-refractivity contribution in [3.63, 3.8) is 0 Å². The highest BCUT2D eigenvalue weighted by atomic mass is 16.2. The third-order valence-corrected chi connectivity index (χ3v) is 4.94. The van der Waals surface area contributed by atoms with Gasteiger partial charge in [-0.1, -0.05) is 13.8 Å². The number of unbranched alkanes of at least 4 members (excludes halogenated alkanes) is 2. The Bertz CT molecular complexity index is 645. The largest absolute Gasteiger partial charge is 0.354 e. The predicted octanol–water partition coefficient (Wildman–Crippen LogP) is -1.62. The molecule has 9 N–H and O–H groups in total. The Morgan fingerprint density at radius 1 is 0.647 bits per heavy atom. The first-order valence-electron chi connectivity index (χ1n) is 12.1. The fraction of sp³-hybridized carbons (Fsp3) is 0.773. The van der Waals surface area contributed by atoms with Gasteiger partial charge in [-0.05, 0) is 58.0 Å². The van der Waals surface area contributed by atoms with Crippen LogP contribution in [0.2, 0.25) is 0 Å². The van der Waals surface area contributed by atoms with Crippen molar-refractivity contribution >= 4 is 29.5 Å². The molecule has 0 unspecified atom stereocenters. The number of hydrogen-bond donors (Lipinski definition) is 7. The third-order valence-electron chi connectivity index (χ3n) is 4.94. The Kier molecular flexibility index (Phi) is 18.1. The maximum Gasteiger partial charge on any atom is 0.243 e. The van der Waals surface area contributed by atoms with Crippen molar-refractivity contribution in [2.75, 3.05) is 32.7 Å². The van der Waals surface area contributed by atoms with Gasteiger partial charge in [0.1, 0.15) is 12.1 Å². The lowest BCUT2D eigenvalue weighted by Crippen LogP contribution is -2.53. The summed E-state index contributed by atoms with van der Waals surface area (Å²) in [4.78, 5) is 60.8. The van der Waals surface area contributed by atoms with Crippen molar-refractivity contribution in [3.8, 4) is 0 Å². The minimum absolute atomic E-state index is 0.243. The van der Waals surface area contributed by atoms with Gasteiger partial charge in [0.25, 0.3) is 0 Å². The van der Waals surface area contributed by atoms with Crippen LogP contribution in [0.1, 0.15) is 65.2 Å². The van der Waals surface area contributed by atoms with Crippen LogP contribution in [-0.4, -0.2) is 74.3 Å². The summed E-state index contributed by atoms with van der Waals surface area (Å²) < 4.78 is 0. The lowest BCUT2D eigenvalue weighted by Gasteiger charge is -2.20. The standard InChI is InChI=1S/C22H43N7O5/c1-3-13-25-21(33)16(9-5-7-11-23)28-20(32)15-27-22(34)17(10-6-8-12-24)29-19(31)14-26-18(30)4-2/h16-17H,3-15,23-24H2,1-2H3,(H,25,33)(H,26,30)(H,27,34)(H,28,32)(H,29,31)/t16-,17-/m0/s1. The molecule has 0 fully saturated rings. The van der Waals surface area contributed by atoms with Crippen LogP contribution in [0.4, 0.5) is 0 Å². The molecule has 0 saturated heterocycles. The second-order valence-corrected chi connectivity index (χ2v) is 7.95. The van der Waals surface area contributed by atoms with Gasteiger partial charge in [-0.3, -0.25) is 24.0 Å². The van der Waals surface area contributed by atoms with Gasteiger partial charge < -0.3 is 38.1 Å². The number of rotatable bonds is 19. The molecule has 0 aromatic rings. The number of amides is 5. The molecule has 0 heterocycles. The zero-order chi connectivity index (χ0) is 25.8. The Labute approximate surface area is 202 Å². The van der Waals surface area contributed by atoms with Gasteiger partial charge in [0, 0.05) is 13.0 Å². The number of carbonyl (C=O) groups is 5. The van der Waals surface area contributed by atoms with Crippen LogP contribution in [0.15, 0.2) is 0 Å². The average molecular weight is 486 g/mol. The summed E-state index contributed by atoms with van der Waals surface area (Å²) in [7, 11) is 0. The van der Waals surface area contributed by atoms with Crippen LogP contribution in [0.3, 0.4) is 0 Å². The van der Waals surface area contributed by atoms with Crippen molar-refractivity contribution in [1.82, 2.24) is 26.6 Å². The molecule has 5 amide bonds. The predicted molar refractivity (Wildman–Crippen MR) is 129 cm³/mol. The summed E-state index contributed by atoms with van der Waals surface area (Å²) in [6.45, 7) is 4.45. The maximum absolute atomic E-state index is 12.6. The zero-order valence-electron chi connectivity index (χ0n) is 20.5. The van der Waals surface area contributed by atoms with E-state index in [4.69, 9.17) is 11.5 Å². The van der Waals surface area contributed by atoms with Crippen molar-refractivity contribution in [1.29, 1.82) is 0 Å². The lowest BCUT2D eigenvalue weighted by atomic mass is 10.1. The monoisotopic (exact) mass is 485 g/mol. The first-order valence-corrected chi connectivity index (χ1v) is 12.1. The summed E-state index contributed by atoms with van der Waals surface area (Å²) in [5.74, 6) is -2.11. The van der Waals surface area contributed by atoms with E-state index in [1.807, 2.05) is 6.92 Å². The molecule has 0 aliphatic carbocycles. The molecule has 2 atom stereocenters. The molecular weight excluding hydrogens is 442 g/mol. The third kappa shape index (κ3) is 15.2. The summed E-state index contributed by atoms with van der Waals surface area (Å²) in [6, 6.07) is -1.59. The number of hydrogen-bond acceptors (Lipinski definition) is 7. The van der Waals surface area contributed by atoms with Gasteiger partial charge in [-0.25, -0.2) is 0 Å². The molecule has 0 aliphatic heterocycles. The summed E-state index contributed by atoms with van der Waals surface area (Å²) >= 11 is 0. The van der Waals surface area contributed by atoms with Gasteiger partial charge in [0.05, 0.1) is 13.1 Å². The molecule has 196 valence electrons. The first-order chi connectivity index (χ1) is 16.3. The second-order valence-electron chi connectivity index (χ2n) is 7.95. The van der Waals surface area contributed by atoms with Gasteiger partial charge in [0.2, 0.25) is 29.5 Å². The quantitative estimate of drug-likeness (QED) is 0.107. The van der Waals surface area contributed by atoms with Crippen molar-refractivity contribution in [2.45, 2.75) is 77.3 Å². The van der Waals surface area contributed by atoms with E-state index >= 15 is 0 Å². The Morgan fingerprint density at radius 2 is 1.12 bits per heavy atom. The van der Waals surface area contributed by atoms with Crippen LogP contribution in [0, 0.1) is 0 Å². The maximum atomic E-state index is 12.6. The molecular formula is C22H43N7O5. The molecule has 12 nitrogen and oxygen atoms in total. The molecule has 0 aromatic carbocycles. The Morgan fingerprint density at radius 3 is 1.56 bits per heavy atom. The van der Waals surface area contributed by atoms with Crippen LogP contribution in [-0.2, 0) is 24.0 Å². The molecule has 0 spiro atoms. The zero-order valence-corrected chi connectivity index (χ0v) is 20.5. The van der Waals surface area contributed by atoms with E-state index in [1.54, 1.807) is 6.92 Å². The number of carbonyl (C=O) groups excluding carboxylic acids is 5. The normalized spacial score (nSPS) is 12.2. The lowest BCUT2D eigenvalue weighted by molar-refractivity contribution is -0.132. The van der Waals surface area contributed by atoms with E-state index in [0.29, 0.717) is 51.7 Å². The van der Waals surface area contributed by atoms with E-state index in [0.717, 1.165) is 12.8 Å². The molecule has 0 aromatic heterocycles. The topological polar surface area (TPSA) is 198 Å². The van der Waals surface area contributed by atoms with Gasteiger partial charge >= 0.3 is 0 Å². The van der Waals surface area contributed by atoms with Gasteiger partial charge in [-0.2, -0.15) is 0 Å². The average Bonchev–Trinajstić information content (AvgIpc) is 2.83. The summed E-state index contributed by atoms with van der Waals surface area (Å²) in [5.41, 5.74) is 11.0. The highest BCUT2D eigenvalue weighted by Crippen LogP contribution is 2.02.